The van der Waals surface area contributed by atoms with Gasteiger partial charge in [0.1, 0.15) is 5.75 Å². The van der Waals surface area contributed by atoms with Crippen LogP contribution >= 0.6 is 11.6 Å². The van der Waals surface area contributed by atoms with Gasteiger partial charge in [-0.2, -0.15) is 0 Å². The molecule has 0 aromatic heterocycles. The molecule has 0 bridgehead atoms. The van der Waals surface area contributed by atoms with Crippen LogP contribution < -0.4 is 4.74 Å². The minimum absolute atomic E-state index is 0.0708. The van der Waals surface area contributed by atoms with Crippen molar-refractivity contribution in [1.29, 1.82) is 0 Å². The van der Waals surface area contributed by atoms with Crippen molar-refractivity contribution in [1.82, 2.24) is 4.90 Å². The molecule has 1 saturated heterocycles. The number of carbonyl (C=O) groups excluding carboxylic acids is 1. The smallest absolute Gasteiger partial charge is 0.261 e. The molecule has 22 heavy (non-hydrogen) atoms. The number of hydrogen-bond acceptors (Lipinski definition) is 4. The Kier molecular flexibility index (Phi) is 4.32. The van der Waals surface area contributed by atoms with Crippen LogP contribution in [0.3, 0.4) is 0 Å². The number of sulfone groups is 1. The Bertz CT molecular complexity index is 672. The highest BCUT2D eigenvalue weighted by atomic mass is 35.5. The quantitative estimate of drug-likeness (QED) is 0.819. The van der Waals surface area contributed by atoms with Crippen molar-refractivity contribution in [2.24, 2.45) is 0 Å². The van der Waals surface area contributed by atoms with E-state index in [1.54, 1.807) is 29.2 Å². The molecule has 1 amide bonds. The molecular formula is C15H18ClNO4S. The zero-order chi connectivity index (χ0) is 15.7. The highest BCUT2D eigenvalue weighted by molar-refractivity contribution is 7.91. The third-order valence-electron chi connectivity index (χ3n) is 4.02. The summed E-state index contributed by atoms with van der Waals surface area (Å²) >= 11 is 6.00. The molecule has 2 aliphatic rings. The van der Waals surface area contributed by atoms with Gasteiger partial charge in [-0.05, 0) is 31.4 Å². The molecule has 1 aliphatic carbocycles. The van der Waals surface area contributed by atoms with Crippen LogP contribution in [0.25, 0.3) is 0 Å². The molecule has 5 nitrogen and oxygen atoms in total. The molecule has 1 aromatic rings. The molecule has 0 radical (unpaired) electrons. The number of rotatable bonds is 5. The van der Waals surface area contributed by atoms with Crippen molar-refractivity contribution in [3.63, 3.8) is 0 Å². The number of benzene rings is 1. The Labute approximate surface area is 135 Å². The standard InChI is InChI=1S/C15H18ClNO4S/c16-13-3-1-2-4-14(13)21-9-15(18)17(11-5-6-11)12-7-8-22(19,20)10-12/h1-4,11-12H,5-10H2/t12-/m1/s1. The normalized spacial score (nSPS) is 23.2. The molecule has 120 valence electrons. The number of amides is 1. The topological polar surface area (TPSA) is 63.7 Å². The molecular weight excluding hydrogens is 326 g/mol. The molecule has 0 spiro atoms. The van der Waals surface area contributed by atoms with E-state index in [0.717, 1.165) is 12.8 Å². The first-order valence-corrected chi connectivity index (χ1v) is 9.55. The van der Waals surface area contributed by atoms with E-state index >= 15 is 0 Å². The van der Waals surface area contributed by atoms with E-state index in [4.69, 9.17) is 16.3 Å². The van der Waals surface area contributed by atoms with Gasteiger partial charge in [0.15, 0.2) is 16.4 Å². The summed E-state index contributed by atoms with van der Waals surface area (Å²) in [5, 5.41) is 0.455. The first-order chi connectivity index (χ1) is 10.5. The molecule has 2 fully saturated rings. The fourth-order valence-electron chi connectivity index (χ4n) is 2.83. The van der Waals surface area contributed by atoms with Gasteiger partial charge in [-0.1, -0.05) is 23.7 Å². The molecule has 0 unspecified atom stereocenters. The monoisotopic (exact) mass is 343 g/mol. The van der Waals surface area contributed by atoms with Crippen molar-refractivity contribution in [3.05, 3.63) is 29.3 Å². The minimum Gasteiger partial charge on any atom is -0.482 e. The van der Waals surface area contributed by atoms with Gasteiger partial charge in [0.25, 0.3) is 5.91 Å². The predicted molar refractivity (Wildman–Crippen MR) is 83.9 cm³/mol. The summed E-state index contributed by atoms with van der Waals surface area (Å²) in [6.45, 7) is -0.114. The van der Waals surface area contributed by atoms with E-state index in [0.29, 0.717) is 17.2 Å². The van der Waals surface area contributed by atoms with Crippen LogP contribution in [0.2, 0.25) is 5.02 Å². The number of ether oxygens (including phenoxy) is 1. The van der Waals surface area contributed by atoms with Crippen LogP contribution in [0.15, 0.2) is 24.3 Å². The molecule has 1 saturated carbocycles. The predicted octanol–water partition coefficient (Wildman–Crippen LogP) is 1.90. The largest absolute Gasteiger partial charge is 0.482 e. The van der Waals surface area contributed by atoms with Gasteiger partial charge in [0.2, 0.25) is 0 Å². The fraction of sp³-hybridized carbons (Fsp3) is 0.533. The Morgan fingerprint density at radius 2 is 1.95 bits per heavy atom. The summed E-state index contributed by atoms with van der Waals surface area (Å²) in [4.78, 5) is 14.2. The van der Waals surface area contributed by atoms with Gasteiger partial charge in [-0.15, -0.1) is 0 Å². The third kappa shape index (κ3) is 3.55. The lowest BCUT2D eigenvalue weighted by Crippen LogP contribution is -2.45. The lowest BCUT2D eigenvalue weighted by molar-refractivity contribution is -0.135. The van der Waals surface area contributed by atoms with E-state index in [-0.39, 0.29) is 36.1 Å². The van der Waals surface area contributed by atoms with Crippen molar-refractivity contribution >= 4 is 27.3 Å². The molecule has 1 aliphatic heterocycles. The lowest BCUT2D eigenvalue weighted by atomic mass is 10.2. The Hall–Kier alpha value is -1.27. The van der Waals surface area contributed by atoms with Gasteiger partial charge < -0.3 is 9.64 Å². The highest BCUT2D eigenvalue weighted by Gasteiger charge is 2.42. The Morgan fingerprint density at radius 1 is 1.23 bits per heavy atom. The van der Waals surface area contributed by atoms with Crippen molar-refractivity contribution < 1.29 is 17.9 Å². The van der Waals surface area contributed by atoms with E-state index < -0.39 is 9.84 Å². The summed E-state index contributed by atoms with van der Waals surface area (Å²) in [6, 6.07) is 6.94. The number of carbonyl (C=O) groups is 1. The lowest BCUT2D eigenvalue weighted by Gasteiger charge is -2.28. The average molecular weight is 344 g/mol. The first kappa shape index (κ1) is 15.6. The van der Waals surface area contributed by atoms with Gasteiger partial charge >= 0.3 is 0 Å². The van der Waals surface area contributed by atoms with Crippen LogP contribution in [0.5, 0.6) is 5.75 Å². The highest BCUT2D eigenvalue weighted by Crippen LogP contribution is 2.32. The zero-order valence-corrected chi connectivity index (χ0v) is 13.6. The minimum atomic E-state index is -3.01. The number of halogens is 1. The summed E-state index contributed by atoms with van der Waals surface area (Å²) in [6.07, 6.45) is 2.40. The summed E-state index contributed by atoms with van der Waals surface area (Å²) < 4.78 is 28.8. The maximum absolute atomic E-state index is 12.5. The van der Waals surface area contributed by atoms with Crippen LogP contribution in [-0.2, 0) is 14.6 Å². The summed E-state index contributed by atoms with van der Waals surface area (Å²) in [7, 11) is -3.01. The molecule has 7 heteroatoms. The average Bonchev–Trinajstić information content (AvgIpc) is 3.22. The van der Waals surface area contributed by atoms with Crippen LogP contribution in [0.4, 0.5) is 0 Å². The van der Waals surface area contributed by atoms with Crippen molar-refractivity contribution in [2.75, 3.05) is 18.1 Å². The van der Waals surface area contributed by atoms with Crippen molar-refractivity contribution in [3.8, 4) is 5.75 Å². The SMILES string of the molecule is O=C(COc1ccccc1Cl)N(C1CC1)[C@@H]1CCS(=O)(=O)C1. The maximum Gasteiger partial charge on any atom is 0.261 e. The molecule has 1 aromatic carbocycles. The van der Waals surface area contributed by atoms with Crippen LogP contribution in [0, 0.1) is 0 Å². The number of nitrogens with zero attached hydrogens (tertiary/aromatic N) is 1. The maximum atomic E-state index is 12.5. The second kappa shape index (κ2) is 6.08. The molecule has 3 rings (SSSR count). The van der Waals surface area contributed by atoms with Crippen LogP contribution in [0.1, 0.15) is 19.3 Å². The zero-order valence-electron chi connectivity index (χ0n) is 12.1. The van der Waals surface area contributed by atoms with E-state index in [9.17, 15) is 13.2 Å². The molecule has 1 heterocycles. The van der Waals surface area contributed by atoms with Crippen molar-refractivity contribution in [2.45, 2.75) is 31.3 Å². The van der Waals surface area contributed by atoms with Crippen LogP contribution in [-0.4, -0.2) is 49.4 Å². The first-order valence-electron chi connectivity index (χ1n) is 7.35. The van der Waals surface area contributed by atoms with Gasteiger partial charge in [0, 0.05) is 12.1 Å². The summed E-state index contributed by atoms with van der Waals surface area (Å²) in [5.74, 6) is 0.540. The van der Waals surface area contributed by atoms with Gasteiger partial charge in [-0.3, -0.25) is 4.79 Å². The molecule has 0 N–H and O–H groups in total. The second-order valence-corrected chi connectivity index (χ2v) is 8.44. The molecule has 1 atom stereocenters. The fourth-order valence-corrected chi connectivity index (χ4v) is 4.73. The van der Waals surface area contributed by atoms with E-state index in [2.05, 4.69) is 0 Å². The number of hydrogen-bond donors (Lipinski definition) is 0. The van der Waals surface area contributed by atoms with E-state index in [1.807, 2.05) is 0 Å². The van der Waals surface area contributed by atoms with E-state index in [1.165, 1.54) is 0 Å². The third-order valence-corrected chi connectivity index (χ3v) is 6.08. The summed E-state index contributed by atoms with van der Waals surface area (Å²) in [5.41, 5.74) is 0. The Balaban J connectivity index is 1.65. The van der Waals surface area contributed by atoms with Gasteiger partial charge in [-0.25, -0.2) is 8.42 Å². The second-order valence-electron chi connectivity index (χ2n) is 5.81. The Morgan fingerprint density at radius 3 is 2.55 bits per heavy atom. The number of para-hydroxylation sites is 1. The van der Waals surface area contributed by atoms with Gasteiger partial charge in [0.05, 0.1) is 16.5 Å².